The first-order valence-electron chi connectivity index (χ1n) is 5.01. The highest BCUT2D eigenvalue weighted by Crippen LogP contribution is 2.07. The molecule has 1 N–H and O–H groups in total. The number of esters is 1. The lowest BCUT2D eigenvalue weighted by molar-refractivity contribution is -0.137. The van der Waals surface area contributed by atoms with E-state index in [1.165, 1.54) is 11.5 Å². The van der Waals surface area contributed by atoms with Crippen molar-refractivity contribution in [3.63, 3.8) is 0 Å². The minimum Gasteiger partial charge on any atom is -0.463 e. The van der Waals surface area contributed by atoms with E-state index < -0.39 is 9.84 Å². The highest BCUT2D eigenvalue weighted by Gasteiger charge is 2.20. The monoisotopic (exact) mass is 245 g/mol. The molecule has 5 nitrogen and oxygen atoms in total. The maximum atomic E-state index is 11.0. The molecule has 6 heteroatoms. The van der Waals surface area contributed by atoms with E-state index in [1.54, 1.807) is 19.1 Å². The minimum absolute atomic E-state index is 0.0836. The number of nitrogens with one attached hydrogen (secondary N) is 1. The first kappa shape index (κ1) is 12.9. The number of rotatable bonds is 5. The molecule has 0 saturated heterocycles. The number of hydrogen-bond donors (Lipinski definition) is 1. The molecule has 1 aliphatic rings. The fourth-order valence-electron chi connectivity index (χ4n) is 1.27. The third-order valence-corrected chi connectivity index (χ3v) is 3.36. The molecule has 0 saturated carbocycles. The minimum atomic E-state index is -3.02. The molecule has 0 aromatic carbocycles. The van der Waals surface area contributed by atoms with E-state index in [9.17, 15) is 13.2 Å². The molecule has 1 unspecified atom stereocenters. The Balaban J connectivity index is 2.22. The van der Waals surface area contributed by atoms with E-state index in [0.29, 0.717) is 13.2 Å². The van der Waals surface area contributed by atoms with Crippen molar-refractivity contribution in [3.8, 4) is 0 Å². The van der Waals surface area contributed by atoms with E-state index in [1.807, 2.05) is 0 Å². The summed E-state index contributed by atoms with van der Waals surface area (Å²) < 4.78 is 26.8. The second-order valence-corrected chi connectivity index (χ2v) is 5.26. The fourth-order valence-corrected chi connectivity index (χ4v) is 2.54. The van der Waals surface area contributed by atoms with Crippen LogP contribution in [0.3, 0.4) is 0 Å². The van der Waals surface area contributed by atoms with Gasteiger partial charge in [0.05, 0.1) is 12.4 Å². The van der Waals surface area contributed by atoms with Gasteiger partial charge in [-0.25, -0.2) is 13.2 Å². The van der Waals surface area contributed by atoms with Gasteiger partial charge in [-0.3, -0.25) is 0 Å². The Bertz CT molecular complexity index is 397. The largest absolute Gasteiger partial charge is 0.463 e. The van der Waals surface area contributed by atoms with Crippen LogP contribution in [0.25, 0.3) is 0 Å². The van der Waals surface area contributed by atoms with Crippen LogP contribution in [-0.2, 0) is 19.4 Å². The summed E-state index contributed by atoms with van der Waals surface area (Å²) in [5, 5.41) is 4.18. The molecule has 1 atom stereocenters. The molecule has 1 rings (SSSR count). The third kappa shape index (κ3) is 4.59. The van der Waals surface area contributed by atoms with Crippen molar-refractivity contribution >= 4 is 15.8 Å². The molecule has 1 aliphatic heterocycles. The van der Waals surface area contributed by atoms with Gasteiger partial charge < -0.3 is 10.1 Å². The molecule has 0 aromatic rings. The molecule has 90 valence electrons. The van der Waals surface area contributed by atoms with E-state index in [0.717, 1.165) is 0 Å². The zero-order valence-electron chi connectivity index (χ0n) is 9.05. The van der Waals surface area contributed by atoms with Crippen LogP contribution in [0.15, 0.2) is 23.6 Å². The topological polar surface area (TPSA) is 72.5 Å². The predicted octanol–water partition coefficient (Wildman–Crippen LogP) is 0.00600. The summed E-state index contributed by atoms with van der Waals surface area (Å²) in [6, 6.07) is -0.170. The maximum Gasteiger partial charge on any atom is 0.330 e. The van der Waals surface area contributed by atoms with Crippen molar-refractivity contribution in [1.29, 1.82) is 0 Å². The Morgan fingerprint density at radius 2 is 2.38 bits per heavy atom. The zero-order chi connectivity index (χ0) is 12.0. The van der Waals surface area contributed by atoms with Crippen LogP contribution in [0, 0.1) is 0 Å². The number of ether oxygens (including phenoxy) is 1. The Morgan fingerprint density at radius 3 is 2.94 bits per heavy atom. The first-order valence-corrected chi connectivity index (χ1v) is 6.72. The van der Waals surface area contributed by atoms with Crippen LogP contribution in [-0.4, -0.2) is 39.3 Å². The lowest BCUT2D eigenvalue weighted by atomic mass is 10.3. The molecule has 0 amide bonds. The number of carbonyl (C=O) groups excluding carboxylic acids is 1. The maximum absolute atomic E-state index is 11.0. The van der Waals surface area contributed by atoms with Crippen molar-refractivity contribution < 1.29 is 17.9 Å². The smallest absolute Gasteiger partial charge is 0.330 e. The molecular weight excluding hydrogens is 230 g/mol. The number of hydrogen-bond acceptors (Lipinski definition) is 5. The molecule has 0 spiro atoms. The van der Waals surface area contributed by atoms with Gasteiger partial charge in [0.15, 0.2) is 9.84 Å². The summed E-state index contributed by atoms with van der Waals surface area (Å²) in [6.07, 6.45) is 4.54. The molecule has 0 aromatic heterocycles. The van der Waals surface area contributed by atoms with E-state index in [2.05, 4.69) is 10.1 Å². The quantitative estimate of drug-likeness (QED) is 0.545. The SMILES string of the molecule is CCOC(=O)/C=C/CNC1C=CS(=O)(=O)C1. The summed E-state index contributed by atoms with van der Waals surface area (Å²) >= 11 is 0. The van der Waals surface area contributed by atoms with Crippen LogP contribution in [0.4, 0.5) is 0 Å². The Morgan fingerprint density at radius 1 is 1.62 bits per heavy atom. The van der Waals surface area contributed by atoms with Gasteiger partial charge in [-0.05, 0) is 6.92 Å². The van der Waals surface area contributed by atoms with E-state index >= 15 is 0 Å². The van der Waals surface area contributed by atoms with Crippen LogP contribution in [0.1, 0.15) is 6.92 Å². The van der Waals surface area contributed by atoms with Crippen LogP contribution in [0.2, 0.25) is 0 Å². The van der Waals surface area contributed by atoms with Crippen molar-refractivity contribution in [1.82, 2.24) is 5.32 Å². The molecule has 1 heterocycles. The molecule has 0 radical (unpaired) electrons. The van der Waals surface area contributed by atoms with Gasteiger partial charge in [0.1, 0.15) is 0 Å². The molecule has 16 heavy (non-hydrogen) atoms. The molecule has 0 aliphatic carbocycles. The van der Waals surface area contributed by atoms with Gasteiger partial charge in [0, 0.05) is 24.1 Å². The third-order valence-electron chi connectivity index (χ3n) is 1.97. The lowest BCUT2D eigenvalue weighted by Gasteiger charge is -2.06. The second kappa shape index (κ2) is 5.81. The van der Waals surface area contributed by atoms with Gasteiger partial charge >= 0.3 is 5.97 Å². The fraction of sp³-hybridized carbons (Fsp3) is 0.500. The van der Waals surface area contributed by atoms with Crippen LogP contribution in [0.5, 0.6) is 0 Å². The Hall–Kier alpha value is -1.14. The van der Waals surface area contributed by atoms with E-state index in [-0.39, 0.29) is 17.8 Å². The molecule has 0 fully saturated rings. The summed E-state index contributed by atoms with van der Waals surface area (Å²) in [7, 11) is -3.02. The van der Waals surface area contributed by atoms with E-state index in [4.69, 9.17) is 0 Å². The number of sulfone groups is 1. The molecule has 0 bridgehead atoms. The number of carbonyl (C=O) groups is 1. The summed E-state index contributed by atoms with van der Waals surface area (Å²) in [6.45, 7) is 2.52. The van der Waals surface area contributed by atoms with Crippen molar-refractivity contribution in [3.05, 3.63) is 23.6 Å². The average molecular weight is 245 g/mol. The second-order valence-electron chi connectivity index (χ2n) is 3.33. The first-order chi connectivity index (χ1) is 7.53. The highest BCUT2D eigenvalue weighted by atomic mass is 32.2. The van der Waals surface area contributed by atoms with Crippen LogP contribution >= 0.6 is 0 Å². The van der Waals surface area contributed by atoms with Gasteiger partial charge in [0.25, 0.3) is 0 Å². The average Bonchev–Trinajstić information content (AvgIpc) is 2.54. The Labute approximate surface area is 95.1 Å². The van der Waals surface area contributed by atoms with Gasteiger partial charge in [-0.15, -0.1) is 0 Å². The zero-order valence-corrected chi connectivity index (χ0v) is 9.87. The van der Waals surface area contributed by atoms with Crippen LogP contribution < -0.4 is 5.32 Å². The van der Waals surface area contributed by atoms with Gasteiger partial charge in [0.2, 0.25) is 0 Å². The van der Waals surface area contributed by atoms with Gasteiger partial charge in [-0.1, -0.05) is 12.2 Å². The summed E-state index contributed by atoms with van der Waals surface area (Å²) in [5.74, 6) is -0.306. The van der Waals surface area contributed by atoms with Gasteiger partial charge in [-0.2, -0.15) is 0 Å². The van der Waals surface area contributed by atoms with Crippen molar-refractivity contribution in [2.75, 3.05) is 18.9 Å². The molecular formula is C10H15NO4S. The van der Waals surface area contributed by atoms with Crippen molar-refractivity contribution in [2.45, 2.75) is 13.0 Å². The van der Waals surface area contributed by atoms with Crippen molar-refractivity contribution in [2.24, 2.45) is 0 Å². The normalized spacial score (nSPS) is 22.7. The lowest BCUT2D eigenvalue weighted by Crippen LogP contribution is -2.30. The summed E-state index contributed by atoms with van der Waals surface area (Å²) in [4.78, 5) is 10.9. The standard InChI is InChI=1S/C10H15NO4S/c1-2-15-10(12)4-3-6-11-9-5-7-16(13,14)8-9/h3-5,7,9,11H,2,6,8H2,1H3/b4-3+. The highest BCUT2D eigenvalue weighted by molar-refractivity contribution is 7.94. The predicted molar refractivity (Wildman–Crippen MR) is 60.5 cm³/mol. The summed E-state index contributed by atoms with van der Waals surface area (Å²) in [5.41, 5.74) is 0. The Kier molecular flexibility index (Phi) is 4.70.